The van der Waals surface area contributed by atoms with E-state index < -0.39 is 0 Å². The summed E-state index contributed by atoms with van der Waals surface area (Å²) in [5.41, 5.74) is 3.57. The molecule has 0 amide bonds. The van der Waals surface area contributed by atoms with Crippen LogP contribution >= 0.6 is 11.6 Å². The third-order valence-corrected chi connectivity index (χ3v) is 5.22. The van der Waals surface area contributed by atoms with Gasteiger partial charge in [-0.25, -0.2) is 14.4 Å². The summed E-state index contributed by atoms with van der Waals surface area (Å²) in [4.78, 5) is 8.87. The van der Waals surface area contributed by atoms with Crippen LogP contribution in [0.25, 0.3) is 0 Å². The van der Waals surface area contributed by atoms with Crippen LogP contribution in [-0.2, 0) is 12.8 Å². The Morgan fingerprint density at radius 3 is 2.67 bits per heavy atom. The minimum Gasteiger partial charge on any atom is -0.313 e. The second-order valence-corrected chi connectivity index (χ2v) is 6.96. The molecule has 1 N–H and O–H groups in total. The highest BCUT2D eigenvalue weighted by Crippen LogP contribution is 2.40. The van der Waals surface area contributed by atoms with E-state index in [-0.39, 0.29) is 22.4 Å². The van der Waals surface area contributed by atoms with Crippen LogP contribution in [0.3, 0.4) is 0 Å². The number of halogens is 2. The lowest BCUT2D eigenvalue weighted by molar-refractivity contribution is 0.245. The summed E-state index contributed by atoms with van der Waals surface area (Å²) in [5, 5.41) is 12.9. The predicted octanol–water partition coefficient (Wildman–Crippen LogP) is 3.00. The average molecular weight is 343 g/mol. The van der Waals surface area contributed by atoms with Crippen molar-refractivity contribution in [3.63, 3.8) is 0 Å². The number of nitrogens with one attached hydrogen (secondary N) is 1. The fourth-order valence-corrected chi connectivity index (χ4v) is 3.85. The molecular formula is C18H16ClFN4. The van der Waals surface area contributed by atoms with Gasteiger partial charge in [-0.15, -0.1) is 0 Å². The molecule has 0 radical (unpaired) electrons. The molecule has 1 aliphatic carbocycles. The minimum atomic E-state index is -0.389. The number of aromatic nitrogens is 2. The monoisotopic (exact) mass is 342 g/mol. The molecule has 1 atom stereocenters. The first-order valence-corrected chi connectivity index (χ1v) is 8.41. The molecule has 2 heterocycles. The van der Waals surface area contributed by atoms with Crippen LogP contribution in [0.1, 0.15) is 34.9 Å². The lowest BCUT2D eigenvalue weighted by Crippen LogP contribution is -2.54. The summed E-state index contributed by atoms with van der Waals surface area (Å²) < 4.78 is 13.2. The molecule has 0 bridgehead atoms. The van der Waals surface area contributed by atoms with Gasteiger partial charge in [-0.3, -0.25) is 0 Å². The van der Waals surface area contributed by atoms with E-state index in [0.29, 0.717) is 19.5 Å². The third kappa shape index (κ3) is 2.56. The van der Waals surface area contributed by atoms with Gasteiger partial charge in [-0.1, -0.05) is 12.1 Å². The van der Waals surface area contributed by atoms with Gasteiger partial charge in [0.1, 0.15) is 5.82 Å². The van der Waals surface area contributed by atoms with Crippen LogP contribution in [0, 0.1) is 22.6 Å². The van der Waals surface area contributed by atoms with Crippen LogP contribution in [-0.4, -0.2) is 23.1 Å². The highest BCUT2D eigenvalue weighted by atomic mass is 35.5. The number of nitriles is 1. The van der Waals surface area contributed by atoms with Gasteiger partial charge in [-0.2, -0.15) is 5.26 Å². The zero-order valence-electron chi connectivity index (χ0n) is 13.0. The van der Waals surface area contributed by atoms with E-state index in [2.05, 4.69) is 21.4 Å². The molecule has 1 fully saturated rings. The Morgan fingerprint density at radius 2 is 2.04 bits per heavy atom. The summed E-state index contributed by atoms with van der Waals surface area (Å²) in [5.74, 6) is -0.135. The molecule has 1 aliphatic heterocycles. The van der Waals surface area contributed by atoms with Gasteiger partial charge in [0.05, 0.1) is 22.9 Å². The third-order valence-electron chi connectivity index (χ3n) is 5.05. The Labute approximate surface area is 144 Å². The first-order valence-electron chi connectivity index (χ1n) is 8.03. The van der Waals surface area contributed by atoms with E-state index in [1.807, 2.05) is 0 Å². The number of rotatable bonds is 3. The van der Waals surface area contributed by atoms with E-state index >= 15 is 0 Å². The zero-order chi connectivity index (χ0) is 16.7. The Kier molecular flexibility index (Phi) is 3.75. The second-order valence-electron chi connectivity index (χ2n) is 6.62. The maximum absolute atomic E-state index is 13.2. The fourth-order valence-electron chi connectivity index (χ4n) is 3.66. The lowest BCUT2D eigenvalue weighted by Gasteiger charge is -2.36. The molecule has 122 valence electrons. The van der Waals surface area contributed by atoms with Crippen LogP contribution in [0.4, 0.5) is 4.39 Å². The van der Waals surface area contributed by atoms with Crippen LogP contribution < -0.4 is 5.32 Å². The van der Waals surface area contributed by atoms with Gasteiger partial charge in [0.2, 0.25) is 5.28 Å². The van der Waals surface area contributed by atoms with Crippen molar-refractivity contribution in [1.82, 2.24) is 15.3 Å². The van der Waals surface area contributed by atoms with Crippen molar-refractivity contribution in [2.24, 2.45) is 5.41 Å². The molecule has 4 nitrogen and oxygen atoms in total. The minimum absolute atomic E-state index is 0.109. The zero-order valence-corrected chi connectivity index (χ0v) is 13.8. The van der Waals surface area contributed by atoms with Gasteiger partial charge in [0.15, 0.2) is 0 Å². The maximum atomic E-state index is 13.2. The first-order chi connectivity index (χ1) is 11.6. The van der Waals surface area contributed by atoms with Crippen molar-refractivity contribution >= 4 is 11.6 Å². The van der Waals surface area contributed by atoms with E-state index in [0.717, 1.165) is 35.4 Å². The van der Waals surface area contributed by atoms with Crippen molar-refractivity contribution in [2.75, 3.05) is 13.1 Å². The molecule has 1 aromatic carbocycles. The standard InChI is InChI=1S/C18H16ClFN4/c19-17-23-15(7-18(8-21)9-22-10-18)14-6-5-13(16(14)24-17)11-1-3-12(20)4-2-11/h1-4,13,22H,5-7,9-10H2. The first kappa shape index (κ1) is 15.5. The SMILES string of the molecule is N#CC1(Cc2nc(Cl)nc3c2CCC3c2ccc(F)cc2)CNC1. The molecule has 0 saturated carbocycles. The lowest BCUT2D eigenvalue weighted by atomic mass is 9.78. The summed E-state index contributed by atoms with van der Waals surface area (Å²) in [6.45, 7) is 1.36. The van der Waals surface area contributed by atoms with Gasteiger partial charge < -0.3 is 5.32 Å². The van der Waals surface area contributed by atoms with Gasteiger partial charge >= 0.3 is 0 Å². The van der Waals surface area contributed by atoms with E-state index in [1.54, 1.807) is 12.1 Å². The topological polar surface area (TPSA) is 61.6 Å². The van der Waals surface area contributed by atoms with Crippen molar-refractivity contribution in [3.8, 4) is 6.07 Å². The summed E-state index contributed by atoms with van der Waals surface area (Å²) >= 11 is 6.16. The molecular weight excluding hydrogens is 327 g/mol. The highest BCUT2D eigenvalue weighted by Gasteiger charge is 2.40. The summed E-state index contributed by atoms with van der Waals surface area (Å²) in [6.07, 6.45) is 2.36. The maximum Gasteiger partial charge on any atom is 0.222 e. The highest BCUT2D eigenvalue weighted by molar-refractivity contribution is 6.28. The molecule has 1 saturated heterocycles. The van der Waals surface area contributed by atoms with E-state index in [4.69, 9.17) is 11.6 Å². The molecule has 6 heteroatoms. The second kappa shape index (κ2) is 5.80. The molecule has 24 heavy (non-hydrogen) atoms. The van der Waals surface area contributed by atoms with E-state index in [9.17, 15) is 9.65 Å². The molecule has 1 aromatic heterocycles. The van der Waals surface area contributed by atoms with Crippen LogP contribution in [0.15, 0.2) is 24.3 Å². The average Bonchev–Trinajstić information content (AvgIpc) is 2.95. The van der Waals surface area contributed by atoms with Crippen molar-refractivity contribution in [2.45, 2.75) is 25.2 Å². The number of hydrogen-bond donors (Lipinski definition) is 1. The van der Waals surface area contributed by atoms with Crippen molar-refractivity contribution in [3.05, 3.63) is 57.9 Å². The molecule has 2 aliphatic rings. The fraction of sp³-hybridized carbons (Fsp3) is 0.389. The number of fused-ring (bicyclic) bond motifs is 1. The van der Waals surface area contributed by atoms with Crippen LogP contribution in [0.2, 0.25) is 5.28 Å². The summed E-state index contributed by atoms with van der Waals surface area (Å²) in [7, 11) is 0. The van der Waals surface area contributed by atoms with E-state index in [1.165, 1.54) is 12.1 Å². The largest absolute Gasteiger partial charge is 0.313 e. The number of nitrogens with zero attached hydrogens (tertiary/aromatic N) is 3. The van der Waals surface area contributed by atoms with Crippen molar-refractivity contribution < 1.29 is 4.39 Å². The Hall–Kier alpha value is -2.03. The number of hydrogen-bond acceptors (Lipinski definition) is 4. The molecule has 0 spiro atoms. The predicted molar refractivity (Wildman–Crippen MR) is 88.2 cm³/mol. The van der Waals surface area contributed by atoms with Gasteiger partial charge in [-0.05, 0) is 47.7 Å². The smallest absolute Gasteiger partial charge is 0.222 e. The summed E-state index contributed by atoms with van der Waals surface area (Å²) in [6, 6.07) is 8.97. The van der Waals surface area contributed by atoms with Crippen molar-refractivity contribution in [1.29, 1.82) is 5.26 Å². The Morgan fingerprint density at radius 1 is 1.29 bits per heavy atom. The Balaban J connectivity index is 1.72. The van der Waals surface area contributed by atoms with Gasteiger partial charge in [0.25, 0.3) is 0 Å². The van der Waals surface area contributed by atoms with Gasteiger partial charge in [0, 0.05) is 25.4 Å². The number of benzene rings is 1. The molecule has 2 aromatic rings. The quantitative estimate of drug-likeness (QED) is 0.871. The normalized spacial score (nSPS) is 21.0. The van der Waals surface area contributed by atoms with Crippen LogP contribution in [0.5, 0.6) is 0 Å². The molecule has 1 unspecified atom stereocenters. The molecule has 4 rings (SSSR count). The Bertz CT molecular complexity index is 824.